The Morgan fingerprint density at radius 3 is 2.59 bits per heavy atom. The first kappa shape index (κ1) is 19.4. The van der Waals surface area contributed by atoms with Gasteiger partial charge in [0, 0.05) is 51.4 Å². The summed E-state index contributed by atoms with van der Waals surface area (Å²) in [5.74, 6) is 1.84. The number of carbonyl (C=O) groups is 1. The number of ether oxygens (including phenoxy) is 1. The molecular weight excluding hydrogens is 344 g/mol. The van der Waals surface area contributed by atoms with Crippen molar-refractivity contribution in [2.24, 2.45) is 0 Å². The van der Waals surface area contributed by atoms with Gasteiger partial charge in [0.15, 0.2) is 5.76 Å². The fourth-order valence-corrected chi connectivity index (χ4v) is 3.31. The van der Waals surface area contributed by atoms with Crippen molar-refractivity contribution in [3.05, 3.63) is 47.3 Å². The van der Waals surface area contributed by atoms with Crippen LogP contribution in [0, 0.1) is 6.92 Å². The molecular formula is C20H28N4O3. The molecule has 146 valence electrons. The third-order valence-corrected chi connectivity index (χ3v) is 4.91. The Morgan fingerprint density at radius 1 is 1.22 bits per heavy atom. The minimum atomic E-state index is 0.125. The van der Waals surface area contributed by atoms with Crippen molar-refractivity contribution in [2.75, 3.05) is 46.9 Å². The van der Waals surface area contributed by atoms with E-state index in [1.54, 1.807) is 12.0 Å². The summed E-state index contributed by atoms with van der Waals surface area (Å²) in [5, 5.41) is 3.93. The topological polar surface area (TPSA) is 62.1 Å². The van der Waals surface area contributed by atoms with Gasteiger partial charge in [0.1, 0.15) is 5.75 Å². The van der Waals surface area contributed by atoms with Gasteiger partial charge in [-0.2, -0.15) is 0 Å². The van der Waals surface area contributed by atoms with Crippen molar-refractivity contribution in [3.63, 3.8) is 0 Å². The van der Waals surface area contributed by atoms with Gasteiger partial charge in [-0.25, -0.2) is 0 Å². The van der Waals surface area contributed by atoms with Gasteiger partial charge in [-0.1, -0.05) is 23.4 Å². The number of nitrogens with zero attached hydrogens (tertiary/aromatic N) is 4. The number of rotatable bonds is 7. The highest BCUT2D eigenvalue weighted by Crippen LogP contribution is 2.19. The van der Waals surface area contributed by atoms with Crippen molar-refractivity contribution < 1.29 is 14.1 Å². The highest BCUT2D eigenvalue weighted by atomic mass is 16.5. The Bertz CT molecular complexity index is 753. The third kappa shape index (κ3) is 5.30. The number of likely N-dealkylation sites (N-methyl/N-ethyl adjacent to an activating group) is 1. The van der Waals surface area contributed by atoms with Crippen molar-refractivity contribution in [2.45, 2.75) is 20.0 Å². The Labute approximate surface area is 160 Å². The molecule has 7 nitrogen and oxygen atoms in total. The first-order chi connectivity index (χ1) is 13.0. The van der Waals surface area contributed by atoms with Gasteiger partial charge in [0.05, 0.1) is 25.9 Å². The fraction of sp³-hybridized carbons (Fsp3) is 0.500. The number of para-hydroxylation sites is 1. The van der Waals surface area contributed by atoms with Crippen molar-refractivity contribution in [1.29, 1.82) is 0 Å². The lowest BCUT2D eigenvalue weighted by Gasteiger charge is -2.34. The number of aryl methyl sites for hydroxylation is 1. The van der Waals surface area contributed by atoms with Gasteiger partial charge < -0.3 is 14.2 Å². The van der Waals surface area contributed by atoms with Crippen LogP contribution in [0.4, 0.5) is 0 Å². The summed E-state index contributed by atoms with van der Waals surface area (Å²) in [7, 11) is 3.50. The van der Waals surface area contributed by atoms with E-state index in [2.05, 4.69) is 15.0 Å². The number of benzene rings is 1. The minimum Gasteiger partial charge on any atom is -0.496 e. The highest BCUT2D eigenvalue weighted by molar-refractivity contribution is 5.78. The van der Waals surface area contributed by atoms with E-state index in [1.807, 2.05) is 44.3 Å². The summed E-state index contributed by atoms with van der Waals surface area (Å²) in [4.78, 5) is 18.9. The standard InChI is InChI=1S/C20H28N4O3/c1-16-12-18(27-21-16)14-23-8-10-24(11-9-23)15-20(25)22(2)13-17-6-4-5-7-19(17)26-3/h4-7,12H,8-11,13-15H2,1-3H3. The largest absolute Gasteiger partial charge is 0.496 e. The summed E-state index contributed by atoms with van der Waals surface area (Å²) < 4.78 is 10.7. The molecule has 1 aromatic heterocycles. The number of aromatic nitrogens is 1. The molecule has 2 aromatic rings. The molecule has 7 heteroatoms. The highest BCUT2D eigenvalue weighted by Gasteiger charge is 2.21. The molecule has 3 rings (SSSR count). The Balaban J connectivity index is 1.44. The smallest absolute Gasteiger partial charge is 0.236 e. The quantitative estimate of drug-likeness (QED) is 0.738. The number of amides is 1. The summed E-state index contributed by atoms with van der Waals surface area (Å²) in [6.45, 7) is 7.29. The molecule has 0 radical (unpaired) electrons. The zero-order valence-electron chi connectivity index (χ0n) is 16.4. The molecule has 0 N–H and O–H groups in total. The predicted molar refractivity (Wildman–Crippen MR) is 102 cm³/mol. The van der Waals surface area contributed by atoms with Crippen LogP contribution in [0.25, 0.3) is 0 Å². The monoisotopic (exact) mass is 372 g/mol. The lowest BCUT2D eigenvalue weighted by atomic mass is 10.2. The van der Waals surface area contributed by atoms with Gasteiger partial charge in [-0.05, 0) is 13.0 Å². The van der Waals surface area contributed by atoms with E-state index in [4.69, 9.17) is 9.26 Å². The normalized spacial score (nSPS) is 15.7. The maximum atomic E-state index is 12.6. The van der Waals surface area contributed by atoms with Gasteiger partial charge >= 0.3 is 0 Å². The maximum absolute atomic E-state index is 12.6. The molecule has 1 saturated heterocycles. The Hall–Kier alpha value is -2.38. The van der Waals surface area contributed by atoms with Crippen LogP contribution in [0.3, 0.4) is 0 Å². The summed E-state index contributed by atoms with van der Waals surface area (Å²) in [6, 6.07) is 9.79. The van der Waals surface area contributed by atoms with E-state index in [9.17, 15) is 4.79 Å². The molecule has 0 aliphatic carbocycles. The summed E-state index contributed by atoms with van der Waals surface area (Å²) in [5.41, 5.74) is 1.93. The number of hydrogen-bond donors (Lipinski definition) is 0. The maximum Gasteiger partial charge on any atom is 0.236 e. The zero-order valence-corrected chi connectivity index (χ0v) is 16.4. The van der Waals surface area contributed by atoms with Crippen LogP contribution in [-0.2, 0) is 17.9 Å². The fourth-order valence-electron chi connectivity index (χ4n) is 3.31. The lowest BCUT2D eigenvalue weighted by molar-refractivity contribution is -0.132. The molecule has 0 atom stereocenters. The van der Waals surface area contributed by atoms with E-state index >= 15 is 0 Å². The zero-order chi connectivity index (χ0) is 19.2. The minimum absolute atomic E-state index is 0.125. The van der Waals surface area contributed by atoms with Crippen LogP contribution in [0.5, 0.6) is 5.75 Å². The number of hydrogen-bond acceptors (Lipinski definition) is 6. The van der Waals surface area contributed by atoms with Crippen LogP contribution in [-0.4, -0.2) is 72.6 Å². The molecule has 1 aromatic carbocycles. The number of methoxy groups -OCH3 is 1. The van der Waals surface area contributed by atoms with E-state index in [1.165, 1.54) is 0 Å². The second-order valence-electron chi connectivity index (χ2n) is 7.05. The first-order valence-electron chi connectivity index (χ1n) is 9.28. The van der Waals surface area contributed by atoms with Crippen LogP contribution >= 0.6 is 0 Å². The van der Waals surface area contributed by atoms with Crippen LogP contribution < -0.4 is 4.74 Å². The average Bonchev–Trinajstić information content (AvgIpc) is 3.08. The summed E-state index contributed by atoms with van der Waals surface area (Å²) in [6.07, 6.45) is 0. The molecule has 0 unspecified atom stereocenters. The van der Waals surface area contributed by atoms with Gasteiger partial charge in [0.25, 0.3) is 0 Å². The van der Waals surface area contributed by atoms with Gasteiger partial charge in [0.2, 0.25) is 5.91 Å². The number of carbonyl (C=O) groups excluding carboxylic acids is 1. The van der Waals surface area contributed by atoms with E-state index < -0.39 is 0 Å². The lowest BCUT2D eigenvalue weighted by Crippen LogP contribution is -2.49. The van der Waals surface area contributed by atoms with Crippen LogP contribution in [0.15, 0.2) is 34.9 Å². The second kappa shape index (κ2) is 9.01. The SMILES string of the molecule is COc1ccccc1CN(C)C(=O)CN1CCN(Cc2cc(C)no2)CC1. The number of piperazine rings is 1. The van der Waals surface area contributed by atoms with Crippen molar-refractivity contribution in [3.8, 4) is 5.75 Å². The average molecular weight is 372 g/mol. The van der Waals surface area contributed by atoms with Gasteiger partial charge in [-0.15, -0.1) is 0 Å². The Kier molecular flexibility index (Phi) is 6.47. The Morgan fingerprint density at radius 2 is 1.93 bits per heavy atom. The van der Waals surface area contributed by atoms with Gasteiger partial charge in [-0.3, -0.25) is 14.6 Å². The van der Waals surface area contributed by atoms with E-state index in [0.717, 1.165) is 55.5 Å². The molecule has 1 amide bonds. The first-order valence-corrected chi connectivity index (χ1v) is 9.28. The third-order valence-electron chi connectivity index (χ3n) is 4.91. The van der Waals surface area contributed by atoms with E-state index in [0.29, 0.717) is 13.1 Å². The van der Waals surface area contributed by atoms with Crippen molar-refractivity contribution >= 4 is 5.91 Å². The second-order valence-corrected chi connectivity index (χ2v) is 7.05. The molecule has 0 saturated carbocycles. The summed E-state index contributed by atoms with van der Waals surface area (Å²) >= 11 is 0. The van der Waals surface area contributed by atoms with Crippen LogP contribution in [0.2, 0.25) is 0 Å². The van der Waals surface area contributed by atoms with Crippen LogP contribution in [0.1, 0.15) is 17.0 Å². The molecule has 0 spiro atoms. The molecule has 1 aliphatic rings. The van der Waals surface area contributed by atoms with Crippen molar-refractivity contribution in [1.82, 2.24) is 19.9 Å². The molecule has 0 bridgehead atoms. The molecule has 1 aliphatic heterocycles. The van der Waals surface area contributed by atoms with E-state index in [-0.39, 0.29) is 5.91 Å². The molecule has 1 fully saturated rings. The predicted octanol–water partition coefficient (Wildman–Crippen LogP) is 1.77. The molecule has 2 heterocycles. The molecule has 27 heavy (non-hydrogen) atoms.